The summed E-state index contributed by atoms with van der Waals surface area (Å²) >= 11 is 3.25. The Hall–Kier alpha value is -0.410. The van der Waals surface area contributed by atoms with Crippen molar-refractivity contribution in [3.8, 4) is 0 Å². The molecule has 0 bridgehead atoms. The largest absolute Gasteiger partial charge is 0.325 e. The molecule has 0 unspecified atom stereocenters. The number of hydrogen-bond acceptors (Lipinski definition) is 1. The maximum Gasteiger partial charge on any atom is 0.137 e. The highest BCUT2D eigenvalue weighted by Crippen LogP contribution is 2.37. The predicted molar refractivity (Wildman–Crippen MR) is 58.6 cm³/mol. The van der Waals surface area contributed by atoms with Crippen molar-refractivity contribution in [2.45, 2.75) is 31.2 Å². The zero-order valence-corrected chi connectivity index (χ0v) is 9.48. The molecule has 14 heavy (non-hydrogen) atoms. The summed E-state index contributed by atoms with van der Waals surface area (Å²) < 4.78 is 13.7. The maximum absolute atomic E-state index is 13.1. The number of halogens is 2. The molecule has 0 aromatic heterocycles. The summed E-state index contributed by atoms with van der Waals surface area (Å²) in [6, 6.07) is 5.15. The molecule has 0 aliphatic heterocycles. The van der Waals surface area contributed by atoms with Crippen LogP contribution < -0.4 is 5.73 Å². The second kappa shape index (κ2) is 3.63. The number of benzene rings is 1. The minimum Gasteiger partial charge on any atom is -0.325 e. The Bertz CT molecular complexity index is 347. The van der Waals surface area contributed by atoms with E-state index in [1.165, 1.54) is 6.07 Å². The summed E-state index contributed by atoms with van der Waals surface area (Å²) in [6.07, 6.45) is 4.03. The molecule has 1 nitrogen and oxygen atoms in total. The topological polar surface area (TPSA) is 26.0 Å². The molecule has 0 amide bonds. The smallest absolute Gasteiger partial charge is 0.137 e. The monoisotopic (exact) mass is 257 g/mol. The Kier molecular flexibility index (Phi) is 2.62. The van der Waals surface area contributed by atoms with Crippen LogP contribution in [0.4, 0.5) is 4.39 Å². The van der Waals surface area contributed by atoms with Crippen LogP contribution in [-0.4, -0.2) is 5.54 Å². The first kappa shape index (κ1) is 10.1. The van der Waals surface area contributed by atoms with Crippen LogP contribution in [0.5, 0.6) is 0 Å². The van der Waals surface area contributed by atoms with Gasteiger partial charge >= 0.3 is 0 Å². The molecule has 0 saturated heterocycles. The Balaban J connectivity index is 2.05. The predicted octanol–water partition coefficient (Wildman–Crippen LogP) is 3.01. The van der Waals surface area contributed by atoms with Crippen molar-refractivity contribution in [2.75, 3.05) is 0 Å². The molecule has 3 heteroatoms. The van der Waals surface area contributed by atoms with E-state index < -0.39 is 0 Å². The third-order valence-corrected chi connectivity index (χ3v) is 3.70. The van der Waals surface area contributed by atoms with E-state index in [1.54, 1.807) is 6.07 Å². The van der Waals surface area contributed by atoms with Gasteiger partial charge in [0.15, 0.2) is 0 Å². The minimum atomic E-state index is -0.190. The lowest BCUT2D eigenvalue weighted by molar-refractivity contribution is 0.595. The highest BCUT2D eigenvalue weighted by atomic mass is 79.9. The molecule has 0 spiro atoms. The third kappa shape index (κ3) is 2.15. The molecule has 0 atom stereocenters. The van der Waals surface area contributed by atoms with E-state index >= 15 is 0 Å². The van der Waals surface area contributed by atoms with Crippen molar-refractivity contribution in [1.29, 1.82) is 0 Å². The Morgan fingerprint density at radius 3 is 2.79 bits per heavy atom. The lowest BCUT2D eigenvalue weighted by Gasteiger charge is -2.09. The van der Waals surface area contributed by atoms with Gasteiger partial charge in [0.25, 0.3) is 0 Å². The molecule has 2 N–H and O–H groups in total. The van der Waals surface area contributed by atoms with Gasteiger partial charge in [-0.25, -0.2) is 4.39 Å². The zero-order chi connectivity index (χ0) is 10.2. The van der Waals surface area contributed by atoms with Crippen molar-refractivity contribution in [2.24, 2.45) is 5.73 Å². The maximum atomic E-state index is 13.1. The van der Waals surface area contributed by atoms with Gasteiger partial charge in [-0.1, -0.05) is 12.1 Å². The fourth-order valence-electron chi connectivity index (χ4n) is 1.54. The molecule has 1 aliphatic carbocycles. The Morgan fingerprint density at radius 1 is 1.43 bits per heavy atom. The fraction of sp³-hybridized carbons (Fsp3) is 0.455. The van der Waals surface area contributed by atoms with E-state index in [0.717, 1.165) is 31.2 Å². The van der Waals surface area contributed by atoms with E-state index in [9.17, 15) is 4.39 Å². The molecule has 2 rings (SSSR count). The fourth-order valence-corrected chi connectivity index (χ4v) is 2.00. The molecule has 1 saturated carbocycles. The third-order valence-electron chi connectivity index (χ3n) is 2.82. The first-order chi connectivity index (χ1) is 6.61. The van der Waals surface area contributed by atoms with Crippen molar-refractivity contribution in [3.05, 3.63) is 34.1 Å². The molecular formula is C11H13BrFN. The number of aryl methyl sites for hydroxylation is 1. The van der Waals surface area contributed by atoms with Gasteiger partial charge in [0.05, 0.1) is 4.47 Å². The summed E-state index contributed by atoms with van der Waals surface area (Å²) in [7, 11) is 0. The van der Waals surface area contributed by atoms with Crippen LogP contribution in [0.1, 0.15) is 24.8 Å². The Morgan fingerprint density at radius 2 is 2.14 bits per heavy atom. The van der Waals surface area contributed by atoms with Crippen molar-refractivity contribution < 1.29 is 4.39 Å². The molecule has 0 radical (unpaired) electrons. The molecule has 1 aliphatic rings. The van der Waals surface area contributed by atoms with Crippen LogP contribution in [0, 0.1) is 5.82 Å². The van der Waals surface area contributed by atoms with Gasteiger partial charge in [-0.15, -0.1) is 0 Å². The standard InChI is InChI=1S/C11H13BrFN/c12-10-8(2-1-3-9(10)13)4-5-11(14)6-7-11/h1-3H,4-7,14H2. The van der Waals surface area contributed by atoms with Crippen LogP contribution in [0.3, 0.4) is 0 Å². The number of rotatable bonds is 3. The summed E-state index contributed by atoms with van der Waals surface area (Å²) in [5.41, 5.74) is 7.04. The van der Waals surface area contributed by atoms with Crippen LogP contribution in [-0.2, 0) is 6.42 Å². The number of hydrogen-bond donors (Lipinski definition) is 1. The van der Waals surface area contributed by atoms with Gasteiger partial charge in [0.1, 0.15) is 5.82 Å². The van der Waals surface area contributed by atoms with Crippen molar-refractivity contribution in [3.63, 3.8) is 0 Å². The van der Waals surface area contributed by atoms with Gasteiger partial charge < -0.3 is 5.73 Å². The van der Waals surface area contributed by atoms with Crippen LogP contribution in [0.2, 0.25) is 0 Å². The highest BCUT2D eigenvalue weighted by Gasteiger charge is 2.37. The lowest BCUT2D eigenvalue weighted by Crippen LogP contribution is -2.22. The van der Waals surface area contributed by atoms with E-state index in [4.69, 9.17) is 5.73 Å². The summed E-state index contributed by atoms with van der Waals surface area (Å²) in [5.74, 6) is -0.190. The number of nitrogens with two attached hydrogens (primary N) is 1. The molecule has 0 heterocycles. The first-order valence-corrected chi connectivity index (χ1v) is 5.62. The van der Waals surface area contributed by atoms with Crippen molar-refractivity contribution in [1.82, 2.24) is 0 Å². The molecule has 1 aromatic carbocycles. The Labute approximate surface area is 91.6 Å². The summed E-state index contributed by atoms with van der Waals surface area (Å²) in [5, 5.41) is 0. The van der Waals surface area contributed by atoms with Crippen LogP contribution >= 0.6 is 15.9 Å². The van der Waals surface area contributed by atoms with Gasteiger partial charge in [-0.05, 0) is 53.2 Å². The molecular weight excluding hydrogens is 245 g/mol. The van der Waals surface area contributed by atoms with Gasteiger partial charge in [0, 0.05) is 5.54 Å². The summed E-state index contributed by atoms with van der Waals surface area (Å²) in [6.45, 7) is 0. The first-order valence-electron chi connectivity index (χ1n) is 4.82. The van der Waals surface area contributed by atoms with Crippen molar-refractivity contribution >= 4 is 15.9 Å². The lowest BCUT2D eigenvalue weighted by atomic mass is 10.0. The van der Waals surface area contributed by atoms with Gasteiger partial charge in [-0.2, -0.15) is 0 Å². The SMILES string of the molecule is NC1(CCc2cccc(F)c2Br)CC1. The molecule has 1 aromatic rings. The van der Waals surface area contributed by atoms with Crippen LogP contribution in [0.25, 0.3) is 0 Å². The van der Waals surface area contributed by atoms with E-state index in [-0.39, 0.29) is 11.4 Å². The summed E-state index contributed by atoms with van der Waals surface area (Å²) in [4.78, 5) is 0. The van der Waals surface area contributed by atoms with Gasteiger partial charge in [0.2, 0.25) is 0 Å². The quantitative estimate of drug-likeness (QED) is 0.886. The molecule has 76 valence electrons. The van der Waals surface area contributed by atoms with E-state index in [1.807, 2.05) is 6.07 Å². The zero-order valence-electron chi connectivity index (χ0n) is 7.89. The average Bonchev–Trinajstić information content (AvgIpc) is 2.88. The second-order valence-electron chi connectivity index (χ2n) is 4.08. The normalized spacial score (nSPS) is 18.2. The van der Waals surface area contributed by atoms with E-state index in [0.29, 0.717) is 4.47 Å². The van der Waals surface area contributed by atoms with Crippen LogP contribution in [0.15, 0.2) is 22.7 Å². The minimum absolute atomic E-state index is 0.0474. The highest BCUT2D eigenvalue weighted by molar-refractivity contribution is 9.10. The molecule has 1 fully saturated rings. The van der Waals surface area contributed by atoms with E-state index in [2.05, 4.69) is 15.9 Å². The second-order valence-corrected chi connectivity index (χ2v) is 4.87. The van der Waals surface area contributed by atoms with Gasteiger partial charge in [-0.3, -0.25) is 0 Å². The average molecular weight is 258 g/mol.